The Kier molecular flexibility index (Phi) is 5.08. The maximum absolute atomic E-state index is 11.9. The molecule has 0 fully saturated rings. The Morgan fingerprint density at radius 1 is 1.25 bits per heavy atom. The van der Waals surface area contributed by atoms with E-state index >= 15 is 0 Å². The van der Waals surface area contributed by atoms with Crippen molar-refractivity contribution in [1.29, 1.82) is 0 Å². The van der Waals surface area contributed by atoms with Crippen LogP contribution in [-0.2, 0) is 9.59 Å². The Balaban J connectivity index is 2.78. The number of anilines is 1. The molecule has 1 aromatic carbocycles. The Labute approximate surface area is 116 Å². The van der Waals surface area contributed by atoms with Gasteiger partial charge >= 0.3 is 5.97 Å². The van der Waals surface area contributed by atoms with Crippen molar-refractivity contribution in [3.8, 4) is 0 Å². The number of carboxylic acids is 1. The molecule has 20 heavy (non-hydrogen) atoms. The molecule has 0 radical (unpaired) electrons. The Hall–Kier alpha value is -2.57. The maximum Gasteiger partial charge on any atom is 0.326 e. The number of hydrogen-bond acceptors (Lipinski definition) is 4. The molecule has 0 aliphatic carbocycles. The number of aliphatic carboxylic acids is 1. The molecule has 7 nitrogen and oxygen atoms in total. The van der Waals surface area contributed by atoms with Crippen molar-refractivity contribution >= 4 is 23.5 Å². The minimum atomic E-state index is -1.33. The van der Waals surface area contributed by atoms with Crippen LogP contribution in [0.5, 0.6) is 0 Å². The SMILES string of the molecule is CN(C)c1ccc(C(=O)N[C@H](CC(N)=O)C(=O)O)cc1. The van der Waals surface area contributed by atoms with E-state index in [-0.39, 0.29) is 0 Å². The lowest BCUT2D eigenvalue weighted by molar-refractivity contribution is -0.140. The summed E-state index contributed by atoms with van der Waals surface area (Å²) < 4.78 is 0. The van der Waals surface area contributed by atoms with Crippen LogP contribution < -0.4 is 16.0 Å². The minimum Gasteiger partial charge on any atom is -0.480 e. The molecular formula is C13H17N3O4. The lowest BCUT2D eigenvalue weighted by Crippen LogP contribution is -2.43. The average molecular weight is 279 g/mol. The van der Waals surface area contributed by atoms with Crippen molar-refractivity contribution in [1.82, 2.24) is 5.32 Å². The predicted molar refractivity (Wildman–Crippen MR) is 73.5 cm³/mol. The van der Waals surface area contributed by atoms with Crippen LogP contribution in [0, 0.1) is 0 Å². The number of primary amides is 1. The second kappa shape index (κ2) is 6.55. The lowest BCUT2D eigenvalue weighted by Gasteiger charge is -2.14. The van der Waals surface area contributed by atoms with E-state index in [9.17, 15) is 14.4 Å². The zero-order valence-electron chi connectivity index (χ0n) is 11.3. The maximum atomic E-state index is 11.9. The molecule has 0 saturated carbocycles. The van der Waals surface area contributed by atoms with Crippen LogP contribution >= 0.6 is 0 Å². The molecule has 1 rings (SSSR count). The van der Waals surface area contributed by atoms with Gasteiger partial charge in [0.15, 0.2) is 0 Å². The molecule has 108 valence electrons. The fourth-order valence-electron chi connectivity index (χ4n) is 1.55. The van der Waals surface area contributed by atoms with Crippen molar-refractivity contribution in [3.05, 3.63) is 29.8 Å². The van der Waals surface area contributed by atoms with E-state index in [1.54, 1.807) is 24.3 Å². The standard InChI is InChI=1S/C13H17N3O4/c1-16(2)9-5-3-8(4-6-9)12(18)15-10(13(19)20)7-11(14)17/h3-6,10H,7H2,1-2H3,(H2,14,17)(H,15,18)(H,19,20)/t10-/m1/s1. The van der Waals surface area contributed by atoms with Crippen molar-refractivity contribution in [2.45, 2.75) is 12.5 Å². The van der Waals surface area contributed by atoms with E-state index in [4.69, 9.17) is 10.8 Å². The predicted octanol–water partition coefficient (Wildman–Crippen LogP) is -0.189. The van der Waals surface area contributed by atoms with Crippen LogP contribution in [0.15, 0.2) is 24.3 Å². The van der Waals surface area contributed by atoms with Crippen LogP contribution in [0.3, 0.4) is 0 Å². The van der Waals surface area contributed by atoms with Crippen LogP contribution in [0.2, 0.25) is 0 Å². The summed E-state index contributed by atoms with van der Waals surface area (Å²) in [6, 6.07) is 5.30. The second-order valence-corrected chi connectivity index (χ2v) is 4.48. The first-order chi connectivity index (χ1) is 9.31. The first-order valence-corrected chi connectivity index (χ1v) is 5.90. The number of benzene rings is 1. The molecule has 1 aromatic rings. The number of hydrogen-bond donors (Lipinski definition) is 3. The highest BCUT2D eigenvalue weighted by Crippen LogP contribution is 2.12. The van der Waals surface area contributed by atoms with Crippen molar-refractivity contribution < 1.29 is 19.5 Å². The highest BCUT2D eigenvalue weighted by atomic mass is 16.4. The summed E-state index contributed by atoms with van der Waals surface area (Å²) in [5, 5.41) is 11.2. The first-order valence-electron chi connectivity index (χ1n) is 5.90. The summed E-state index contributed by atoms with van der Waals surface area (Å²) in [7, 11) is 3.73. The number of nitrogens with two attached hydrogens (primary N) is 1. The van der Waals surface area contributed by atoms with E-state index < -0.39 is 30.2 Å². The Bertz CT molecular complexity index is 511. The quantitative estimate of drug-likeness (QED) is 0.668. The zero-order valence-corrected chi connectivity index (χ0v) is 11.3. The van der Waals surface area contributed by atoms with E-state index in [0.717, 1.165) is 5.69 Å². The van der Waals surface area contributed by atoms with E-state index in [1.807, 2.05) is 19.0 Å². The largest absolute Gasteiger partial charge is 0.480 e. The molecule has 0 aliphatic rings. The third kappa shape index (κ3) is 4.27. The Morgan fingerprint density at radius 2 is 1.80 bits per heavy atom. The van der Waals surface area contributed by atoms with Crippen LogP contribution in [0.1, 0.15) is 16.8 Å². The molecule has 2 amide bonds. The van der Waals surface area contributed by atoms with Gasteiger partial charge in [-0.2, -0.15) is 0 Å². The molecule has 0 aliphatic heterocycles. The van der Waals surface area contributed by atoms with Gasteiger partial charge in [-0.3, -0.25) is 9.59 Å². The number of carbonyl (C=O) groups is 3. The topological polar surface area (TPSA) is 113 Å². The highest BCUT2D eigenvalue weighted by Gasteiger charge is 2.22. The molecule has 0 heterocycles. The van der Waals surface area contributed by atoms with E-state index in [2.05, 4.69) is 5.32 Å². The van der Waals surface area contributed by atoms with Gasteiger partial charge in [0.05, 0.1) is 6.42 Å². The van der Waals surface area contributed by atoms with Gasteiger partial charge in [0, 0.05) is 25.3 Å². The minimum absolute atomic E-state index is 0.311. The lowest BCUT2D eigenvalue weighted by atomic mass is 10.1. The molecule has 0 bridgehead atoms. The summed E-state index contributed by atoms with van der Waals surface area (Å²) in [5.41, 5.74) is 6.16. The third-order valence-electron chi connectivity index (χ3n) is 2.65. The number of nitrogens with zero attached hydrogens (tertiary/aromatic N) is 1. The molecular weight excluding hydrogens is 262 g/mol. The Morgan fingerprint density at radius 3 is 2.20 bits per heavy atom. The van der Waals surface area contributed by atoms with Gasteiger partial charge in [-0.25, -0.2) is 4.79 Å². The molecule has 7 heteroatoms. The molecule has 0 aromatic heterocycles. The van der Waals surface area contributed by atoms with Gasteiger partial charge in [-0.1, -0.05) is 0 Å². The highest BCUT2D eigenvalue weighted by molar-refractivity contribution is 5.97. The fourth-order valence-corrected chi connectivity index (χ4v) is 1.55. The van der Waals surface area contributed by atoms with Gasteiger partial charge < -0.3 is 21.1 Å². The second-order valence-electron chi connectivity index (χ2n) is 4.48. The van der Waals surface area contributed by atoms with E-state index in [1.165, 1.54) is 0 Å². The molecule has 1 atom stereocenters. The van der Waals surface area contributed by atoms with Gasteiger partial charge in [0.2, 0.25) is 5.91 Å². The normalized spacial score (nSPS) is 11.5. The van der Waals surface area contributed by atoms with Gasteiger partial charge in [-0.05, 0) is 24.3 Å². The number of rotatable bonds is 6. The van der Waals surface area contributed by atoms with Crippen LogP contribution in [-0.4, -0.2) is 43.0 Å². The average Bonchev–Trinajstić information content (AvgIpc) is 2.37. The summed E-state index contributed by atoms with van der Waals surface area (Å²) in [6.45, 7) is 0. The molecule has 0 spiro atoms. The first kappa shape index (κ1) is 15.5. The number of nitrogens with one attached hydrogen (secondary N) is 1. The van der Waals surface area contributed by atoms with Crippen LogP contribution in [0.4, 0.5) is 5.69 Å². The van der Waals surface area contributed by atoms with Gasteiger partial charge in [-0.15, -0.1) is 0 Å². The van der Waals surface area contributed by atoms with Crippen molar-refractivity contribution in [2.24, 2.45) is 5.73 Å². The third-order valence-corrected chi connectivity index (χ3v) is 2.65. The van der Waals surface area contributed by atoms with Gasteiger partial charge in [0.1, 0.15) is 6.04 Å². The molecule has 0 saturated heterocycles. The summed E-state index contributed by atoms with van der Waals surface area (Å²) >= 11 is 0. The van der Waals surface area contributed by atoms with E-state index in [0.29, 0.717) is 5.56 Å². The molecule has 4 N–H and O–H groups in total. The zero-order chi connectivity index (χ0) is 15.3. The molecule has 0 unspecified atom stereocenters. The smallest absolute Gasteiger partial charge is 0.326 e. The number of carbonyl (C=O) groups excluding carboxylic acids is 2. The fraction of sp³-hybridized carbons (Fsp3) is 0.308. The summed E-state index contributed by atoms with van der Waals surface area (Å²) in [6.07, 6.45) is -0.448. The summed E-state index contributed by atoms with van der Waals surface area (Å²) in [4.78, 5) is 35.4. The van der Waals surface area contributed by atoms with Gasteiger partial charge in [0.25, 0.3) is 5.91 Å². The number of amides is 2. The van der Waals surface area contributed by atoms with Crippen LogP contribution in [0.25, 0.3) is 0 Å². The summed E-state index contributed by atoms with van der Waals surface area (Å²) in [5.74, 6) is -2.66. The van der Waals surface area contributed by atoms with Crippen molar-refractivity contribution in [2.75, 3.05) is 19.0 Å². The van der Waals surface area contributed by atoms with Crippen molar-refractivity contribution in [3.63, 3.8) is 0 Å². The number of carboxylic acid groups (broad SMARTS) is 1. The monoisotopic (exact) mass is 279 g/mol.